The van der Waals surface area contributed by atoms with Crippen molar-refractivity contribution in [1.82, 2.24) is 10.3 Å². The minimum atomic E-state index is -0.172. The number of amides is 1. The number of carbonyl (C=O) groups excluding carboxylic acids is 1. The summed E-state index contributed by atoms with van der Waals surface area (Å²) in [5.41, 5.74) is 0.963. The number of pyridine rings is 1. The van der Waals surface area contributed by atoms with E-state index in [0.717, 1.165) is 18.4 Å². The molecule has 1 rings (SSSR count). The number of nitrogens with zero attached hydrogens (tertiary/aromatic N) is 2. The number of nitrogens with one attached hydrogen (secondary N) is 1. The SMILES string of the molecule is CCCC(C#N)CC(=O)NCc1cccnc1. The number of carbonyl (C=O) groups is 1. The van der Waals surface area contributed by atoms with E-state index in [9.17, 15) is 4.79 Å². The van der Waals surface area contributed by atoms with Crippen LogP contribution in [0.2, 0.25) is 0 Å². The molecule has 90 valence electrons. The molecule has 1 N–H and O–H groups in total. The molecule has 0 spiro atoms. The van der Waals surface area contributed by atoms with Crippen LogP contribution < -0.4 is 5.32 Å². The Morgan fingerprint density at radius 2 is 2.47 bits per heavy atom. The quantitative estimate of drug-likeness (QED) is 0.814. The summed E-state index contributed by atoms with van der Waals surface area (Å²) in [6, 6.07) is 5.89. The average molecular weight is 231 g/mol. The first-order valence-electron chi connectivity index (χ1n) is 5.81. The van der Waals surface area contributed by atoms with Crippen LogP contribution in [0.4, 0.5) is 0 Å². The lowest BCUT2D eigenvalue weighted by Crippen LogP contribution is -2.24. The highest BCUT2D eigenvalue weighted by atomic mass is 16.1. The summed E-state index contributed by atoms with van der Waals surface area (Å²) in [7, 11) is 0. The van der Waals surface area contributed by atoms with Gasteiger partial charge < -0.3 is 5.32 Å². The van der Waals surface area contributed by atoms with Gasteiger partial charge in [0.1, 0.15) is 0 Å². The largest absolute Gasteiger partial charge is 0.352 e. The molecular formula is C13H17N3O. The summed E-state index contributed by atoms with van der Waals surface area (Å²) >= 11 is 0. The fourth-order valence-electron chi connectivity index (χ4n) is 1.56. The van der Waals surface area contributed by atoms with Gasteiger partial charge in [-0.15, -0.1) is 0 Å². The molecule has 17 heavy (non-hydrogen) atoms. The van der Waals surface area contributed by atoms with E-state index in [1.54, 1.807) is 12.4 Å². The predicted molar refractivity (Wildman–Crippen MR) is 64.7 cm³/mol. The van der Waals surface area contributed by atoms with Crippen LogP contribution in [0.15, 0.2) is 24.5 Å². The van der Waals surface area contributed by atoms with Crippen LogP contribution in [-0.2, 0) is 11.3 Å². The third-order valence-corrected chi connectivity index (χ3v) is 2.46. The molecule has 4 nitrogen and oxygen atoms in total. The van der Waals surface area contributed by atoms with Crippen molar-refractivity contribution in [2.24, 2.45) is 5.92 Å². The number of nitriles is 1. The molecule has 1 atom stereocenters. The van der Waals surface area contributed by atoms with Crippen molar-refractivity contribution in [2.75, 3.05) is 0 Å². The molecule has 1 unspecified atom stereocenters. The molecule has 0 bridgehead atoms. The lowest BCUT2D eigenvalue weighted by atomic mass is 10.0. The van der Waals surface area contributed by atoms with E-state index in [-0.39, 0.29) is 18.2 Å². The first-order chi connectivity index (χ1) is 8.26. The van der Waals surface area contributed by atoms with E-state index in [4.69, 9.17) is 5.26 Å². The maximum absolute atomic E-state index is 11.6. The highest BCUT2D eigenvalue weighted by Crippen LogP contribution is 2.09. The summed E-state index contributed by atoms with van der Waals surface area (Å²) in [6.45, 7) is 2.48. The third-order valence-electron chi connectivity index (χ3n) is 2.46. The van der Waals surface area contributed by atoms with Crippen molar-refractivity contribution in [2.45, 2.75) is 32.7 Å². The molecule has 0 aliphatic heterocycles. The third kappa shape index (κ3) is 5.12. The maximum Gasteiger partial charge on any atom is 0.221 e. The molecular weight excluding hydrogens is 214 g/mol. The topological polar surface area (TPSA) is 65.8 Å². The first-order valence-corrected chi connectivity index (χ1v) is 5.81. The van der Waals surface area contributed by atoms with Crippen LogP contribution in [0.3, 0.4) is 0 Å². The van der Waals surface area contributed by atoms with Gasteiger partial charge in [-0.2, -0.15) is 5.26 Å². The van der Waals surface area contributed by atoms with Gasteiger partial charge in [-0.1, -0.05) is 19.4 Å². The zero-order valence-electron chi connectivity index (χ0n) is 10.0. The fourth-order valence-corrected chi connectivity index (χ4v) is 1.56. The van der Waals surface area contributed by atoms with Crippen molar-refractivity contribution in [1.29, 1.82) is 5.26 Å². The lowest BCUT2D eigenvalue weighted by molar-refractivity contribution is -0.121. The second kappa shape index (κ2) is 7.39. The van der Waals surface area contributed by atoms with Gasteiger partial charge in [-0.3, -0.25) is 9.78 Å². The van der Waals surface area contributed by atoms with Crippen molar-refractivity contribution < 1.29 is 4.79 Å². The predicted octanol–water partition coefficient (Wildman–Crippen LogP) is 2.03. The van der Waals surface area contributed by atoms with Crippen LogP contribution in [-0.4, -0.2) is 10.9 Å². The maximum atomic E-state index is 11.6. The van der Waals surface area contributed by atoms with Crippen LogP contribution in [0, 0.1) is 17.2 Å². The van der Waals surface area contributed by atoms with E-state index in [2.05, 4.69) is 16.4 Å². The van der Waals surface area contributed by atoms with Gasteiger partial charge in [0.15, 0.2) is 0 Å². The Morgan fingerprint density at radius 3 is 3.06 bits per heavy atom. The molecule has 1 aromatic rings. The van der Waals surface area contributed by atoms with Crippen molar-refractivity contribution in [3.8, 4) is 6.07 Å². The van der Waals surface area contributed by atoms with E-state index in [1.807, 2.05) is 19.1 Å². The van der Waals surface area contributed by atoms with E-state index >= 15 is 0 Å². The first kappa shape index (κ1) is 13.2. The fraction of sp³-hybridized carbons (Fsp3) is 0.462. The van der Waals surface area contributed by atoms with Gasteiger partial charge in [0.25, 0.3) is 0 Å². The Morgan fingerprint density at radius 1 is 1.65 bits per heavy atom. The average Bonchev–Trinajstić information content (AvgIpc) is 2.37. The molecule has 0 aliphatic carbocycles. The Labute approximate surface area is 102 Å². The molecule has 0 saturated carbocycles. The molecule has 0 aliphatic rings. The number of rotatable bonds is 6. The van der Waals surface area contributed by atoms with Gasteiger partial charge in [-0.25, -0.2) is 0 Å². The van der Waals surface area contributed by atoms with Crippen molar-refractivity contribution in [3.05, 3.63) is 30.1 Å². The van der Waals surface area contributed by atoms with Crippen LogP contribution >= 0.6 is 0 Å². The van der Waals surface area contributed by atoms with Gasteiger partial charge in [0.05, 0.1) is 12.0 Å². The van der Waals surface area contributed by atoms with Crippen LogP contribution in [0.1, 0.15) is 31.7 Å². The molecule has 0 saturated heterocycles. The summed E-state index contributed by atoms with van der Waals surface area (Å²) in [5.74, 6) is -0.247. The minimum absolute atomic E-state index is 0.0751. The summed E-state index contributed by atoms with van der Waals surface area (Å²) < 4.78 is 0. The Bertz CT molecular complexity index is 383. The van der Waals surface area contributed by atoms with E-state index in [0.29, 0.717) is 6.54 Å². The van der Waals surface area contributed by atoms with Crippen LogP contribution in [0.25, 0.3) is 0 Å². The molecule has 1 heterocycles. The molecule has 1 amide bonds. The van der Waals surface area contributed by atoms with E-state index in [1.165, 1.54) is 0 Å². The number of hydrogen-bond donors (Lipinski definition) is 1. The van der Waals surface area contributed by atoms with Crippen molar-refractivity contribution >= 4 is 5.91 Å². The van der Waals surface area contributed by atoms with E-state index < -0.39 is 0 Å². The monoisotopic (exact) mass is 231 g/mol. The highest BCUT2D eigenvalue weighted by molar-refractivity contribution is 5.76. The summed E-state index contributed by atoms with van der Waals surface area (Å²) in [4.78, 5) is 15.5. The second-order valence-corrected chi connectivity index (χ2v) is 3.96. The molecule has 1 aromatic heterocycles. The molecule has 0 fully saturated rings. The Kier molecular flexibility index (Phi) is 5.73. The van der Waals surface area contributed by atoms with Crippen LogP contribution in [0.5, 0.6) is 0 Å². The van der Waals surface area contributed by atoms with Gasteiger partial charge in [-0.05, 0) is 18.1 Å². The van der Waals surface area contributed by atoms with Crippen molar-refractivity contribution in [3.63, 3.8) is 0 Å². The lowest BCUT2D eigenvalue weighted by Gasteiger charge is -2.08. The summed E-state index contributed by atoms with van der Waals surface area (Å²) in [6.07, 6.45) is 5.39. The zero-order valence-corrected chi connectivity index (χ0v) is 10.0. The molecule has 0 aromatic carbocycles. The van der Waals surface area contributed by atoms with Gasteiger partial charge in [0.2, 0.25) is 5.91 Å². The number of aromatic nitrogens is 1. The van der Waals surface area contributed by atoms with Gasteiger partial charge >= 0.3 is 0 Å². The standard InChI is InChI=1S/C13H17N3O/c1-2-4-11(8-14)7-13(17)16-10-12-5-3-6-15-9-12/h3,5-6,9,11H,2,4,7,10H2,1H3,(H,16,17). The second-order valence-electron chi connectivity index (χ2n) is 3.96. The molecule has 0 radical (unpaired) electrons. The minimum Gasteiger partial charge on any atom is -0.352 e. The Balaban J connectivity index is 2.33. The molecule has 4 heteroatoms. The zero-order chi connectivity index (χ0) is 12.5. The normalized spacial score (nSPS) is 11.5. The highest BCUT2D eigenvalue weighted by Gasteiger charge is 2.11. The van der Waals surface area contributed by atoms with Gasteiger partial charge in [0, 0.05) is 25.4 Å². The summed E-state index contributed by atoms with van der Waals surface area (Å²) in [5, 5.41) is 11.6. The smallest absolute Gasteiger partial charge is 0.221 e. The Hall–Kier alpha value is -1.89. The number of hydrogen-bond acceptors (Lipinski definition) is 3.